The van der Waals surface area contributed by atoms with Gasteiger partial charge in [0.1, 0.15) is 5.75 Å². The minimum Gasteiger partial charge on any atom is -0.479 e. The third kappa shape index (κ3) is 3.89. The van der Waals surface area contributed by atoms with Crippen LogP contribution in [0.5, 0.6) is 5.75 Å². The molecule has 0 radical (unpaired) electrons. The maximum atomic E-state index is 12.1. The van der Waals surface area contributed by atoms with E-state index in [-0.39, 0.29) is 6.42 Å². The Labute approximate surface area is 114 Å². The Balaban J connectivity index is 2.81. The van der Waals surface area contributed by atoms with Crippen LogP contribution in [0.25, 0.3) is 0 Å². The van der Waals surface area contributed by atoms with Crippen molar-refractivity contribution in [3.05, 3.63) is 26.2 Å². The standard InChI is InChI=1S/C10H9BrFIO3/c11-6-1-2-8(7(13)5-6)16-9(3-4-12)10(14)15/h1-2,5,9H,3-4H2,(H,14,15). The Morgan fingerprint density at radius 2 is 2.31 bits per heavy atom. The molecule has 0 aliphatic rings. The van der Waals surface area contributed by atoms with E-state index >= 15 is 0 Å². The Morgan fingerprint density at radius 3 is 2.81 bits per heavy atom. The number of carboxylic acids is 1. The van der Waals surface area contributed by atoms with Crippen molar-refractivity contribution < 1.29 is 19.0 Å². The molecule has 0 saturated heterocycles. The molecule has 88 valence electrons. The van der Waals surface area contributed by atoms with Gasteiger partial charge < -0.3 is 9.84 Å². The molecule has 6 heteroatoms. The van der Waals surface area contributed by atoms with Crippen LogP contribution in [0.15, 0.2) is 22.7 Å². The second-order valence-corrected chi connectivity index (χ2v) is 5.07. The molecule has 1 aromatic rings. The van der Waals surface area contributed by atoms with Gasteiger partial charge in [0.25, 0.3) is 0 Å². The first-order chi connectivity index (χ1) is 7.54. The second-order valence-electron chi connectivity index (χ2n) is 3.00. The van der Waals surface area contributed by atoms with E-state index < -0.39 is 18.7 Å². The third-order valence-corrected chi connectivity index (χ3v) is 3.15. The van der Waals surface area contributed by atoms with E-state index in [0.29, 0.717) is 5.75 Å². The highest BCUT2D eigenvalue weighted by Gasteiger charge is 2.20. The predicted octanol–water partition coefficient (Wildman–Crippen LogP) is 3.25. The van der Waals surface area contributed by atoms with Gasteiger partial charge in [-0.3, -0.25) is 4.39 Å². The number of benzene rings is 1. The smallest absolute Gasteiger partial charge is 0.344 e. The molecule has 0 bridgehead atoms. The number of carboxylic acid groups (broad SMARTS) is 1. The molecular formula is C10H9BrFIO3. The van der Waals surface area contributed by atoms with Gasteiger partial charge in [-0.25, -0.2) is 4.79 Å². The van der Waals surface area contributed by atoms with Gasteiger partial charge in [0.2, 0.25) is 0 Å². The summed E-state index contributed by atoms with van der Waals surface area (Å²) >= 11 is 5.31. The summed E-state index contributed by atoms with van der Waals surface area (Å²) in [7, 11) is 0. The van der Waals surface area contributed by atoms with Gasteiger partial charge in [-0.2, -0.15) is 0 Å². The lowest BCUT2D eigenvalue weighted by Gasteiger charge is -2.14. The van der Waals surface area contributed by atoms with Gasteiger partial charge >= 0.3 is 5.97 Å². The molecule has 1 atom stereocenters. The lowest BCUT2D eigenvalue weighted by atomic mass is 10.2. The zero-order chi connectivity index (χ0) is 12.1. The molecule has 0 saturated carbocycles. The van der Waals surface area contributed by atoms with Crippen LogP contribution in [-0.4, -0.2) is 23.9 Å². The predicted molar refractivity (Wildman–Crippen MR) is 69.5 cm³/mol. The normalized spacial score (nSPS) is 12.2. The maximum absolute atomic E-state index is 12.1. The van der Waals surface area contributed by atoms with Gasteiger partial charge in [0.05, 0.1) is 10.2 Å². The maximum Gasteiger partial charge on any atom is 0.344 e. The fraction of sp³-hybridized carbons (Fsp3) is 0.300. The highest BCUT2D eigenvalue weighted by Crippen LogP contribution is 2.26. The fourth-order valence-corrected chi connectivity index (χ4v) is 2.49. The number of ether oxygens (including phenoxy) is 1. The first-order valence-electron chi connectivity index (χ1n) is 4.45. The average molecular weight is 403 g/mol. The molecular weight excluding hydrogens is 394 g/mol. The number of aliphatic carboxylic acids is 1. The molecule has 16 heavy (non-hydrogen) atoms. The van der Waals surface area contributed by atoms with Crippen LogP contribution >= 0.6 is 38.5 Å². The van der Waals surface area contributed by atoms with Crippen molar-refractivity contribution in [3.63, 3.8) is 0 Å². The van der Waals surface area contributed by atoms with E-state index in [1.54, 1.807) is 18.2 Å². The van der Waals surface area contributed by atoms with Crippen LogP contribution in [0, 0.1) is 3.57 Å². The molecule has 0 aliphatic carbocycles. The summed E-state index contributed by atoms with van der Waals surface area (Å²) in [6.07, 6.45) is -1.29. The molecule has 0 aromatic heterocycles. The Morgan fingerprint density at radius 1 is 1.62 bits per heavy atom. The van der Waals surface area contributed by atoms with Crippen molar-refractivity contribution in [1.82, 2.24) is 0 Å². The summed E-state index contributed by atoms with van der Waals surface area (Å²) in [6.45, 7) is -0.718. The number of rotatable bonds is 5. The van der Waals surface area contributed by atoms with Crippen LogP contribution in [0.4, 0.5) is 4.39 Å². The van der Waals surface area contributed by atoms with Crippen LogP contribution < -0.4 is 4.74 Å². The van der Waals surface area contributed by atoms with Gasteiger partial charge in [-0.15, -0.1) is 0 Å². The van der Waals surface area contributed by atoms with Crippen LogP contribution in [0.1, 0.15) is 6.42 Å². The number of alkyl halides is 1. The van der Waals surface area contributed by atoms with Crippen LogP contribution in [0.3, 0.4) is 0 Å². The molecule has 1 unspecified atom stereocenters. The highest BCUT2D eigenvalue weighted by molar-refractivity contribution is 14.1. The molecule has 0 aliphatic heterocycles. The Hall–Kier alpha value is -0.370. The Kier molecular flexibility index (Phi) is 5.47. The van der Waals surface area contributed by atoms with E-state index in [4.69, 9.17) is 9.84 Å². The summed E-state index contributed by atoms with van der Waals surface area (Å²) in [5.74, 6) is -0.707. The molecule has 0 fully saturated rings. The minimum atomic E-state index is -1.16. The van der Waals surface area contributed by atoms with Gasteiger partial charge in [0, 0.05) is 10.9 Å². The van der Waals surface area contributed by atoms with Crippen molar-refractivity contribution in [2.24, 2.45) is 0 Å². The van der Waals surface area contributed by atoms with Crippen LogP contribution in [-0.2, 0) is 4.79 Å². The summed E-state index contributed by atoms with van der Waals surface area (Å²) in [5, 5.41) is 8.81. The van der Waals surface area contributed by atoms with Gasteiger partial charge in [-0.1, -0.05) is 15.9 Å². The SMILES string of the molecule is O=C(O)C(CCF)Oc1ccc(Br)cc1I. The molecule has 0 heterocycles. The van der Waals surface area contributed by atoms with E-state index in [1.807, 2.05) is 22.6 Å². The van der Waals surface area contributed by atoms with Gasteiger partial charge in [-0.05, 0) is 40.8 Å². The van der Waals surface area contributed by atoms with Crippen molar-refractivity contribution >= 4 is 44.5 Å². The summed E-state index contributed by atoms with van der Waals surface area (Å²) < 4.78 is 19.0. The van der Waals surface area contributed by atoms with Crippen molar-refractivity contribution in [1.29, 1.82) is 0 Å². The van der Waals surface area contributed by atoms with E-state index in [2.05, 4.69) is 15.9 Å². The summed E-state index contributed by atoms with van der Waals surface area (Å²) in [6, 6.07) is 5.19. The highest BCUT2D eigenvalue weighted by atomic mass is 127. The molecule has 1 aromatic carbocycles. The number of hydrogen-bond donors (Lipinski definition) is 1. The molecule has 1 N–H and O–H groups in total. The largest absolute Gasteiger partial charge is 0.479 e. The zero-order valence-corrected chi connectivity index (χ0v) is 11.9. The van der Waals surface area contributed by atoms with Crippen molar-refractivity contribution in [2.75, 3.05) is 6.67 Å². The summed E-state index contributed by atoms with van der Waals surface area (Å²) in [4.78, 5) is 10.8. The number of hydrogen-bond acceptors (Lipinski definition) is 2. The molecule has 0 amide bonds. The fourth-order valence-electron chi connectivity index (χ4n) is 1.06. The van der Waals surface area contributed by atoms with E-state index in [0.717, 1.165) is 8.04 Å². The second kappa shape index (κ2) is 6.39. The summed E-state index contributed by atoms with van der Waals surface area (Å²) in [5.41, 5.74) is 0. The molecule has 3 nitrogen and oxygen atoms in total. The van der Waals surface area contributed by atoms with Crippen molar-refractivity contribution in [3.8, 4) is 5.75 Å². The lowest BCUT2D eigenvalue weighted by Crippen LogP contribution is -2.27. The van der Waals surface area contributed by atoms with Crippen molar-refractivity contribution in [2.45, 2.75) is 12.5 Å². The first kappa shape index (κ1) is 13.7. The molecule has 1 rings (SSSR count). The minimum absolute atomic E-state index is 0.151. The topological polar surface area (TPSA) is 46.5 Å². The van der Waals surface area contributed by atoms with E-state index in [1.165, 1.54) is 0 Å². The first-order valence-corrected chi connectivity index (χ1v) is 6.32. The number of carbonyl (C=O) groups is 1. The monoisotopic (exact) mass is 402 g/mol. The molecule has 0 spiro atoms. The van der Waals surface area contributed by atoms with Crippen LogP contribution in [0.2, 0.25) is 0 Å². The average Bonchev–Trinajstić information content (AvgIpc) is 2.20. The quantitative estimate of drug-likeness (QED) is 0.769. The van der Waals surface area contributed by atoms with E-state index in [9.17, 15) is 9.18 Å². The zero-order valence-electron chi connectivity index (χ0n) is 8.12. The third-order valence-electron chi connectivity index (χ3n) is 1.81. The Bertz CT molecular complexity index is 386. The number of halogens is 3. The lowest BCUT2D eigenvalue weighted by molar-refractivity contribution is -0.145. The van der Waals surface area contributed by atoms with Gasteiger partial charge in [0.15, 0.2) is 6.10 Å².